The smallest absolute Gasteiger partial charge is 0.255 e. The van der Waals surface area contributed by atoms with Gasteiger partial charge in [-0.05, 0) is 40.8 Å². The average Bonchev–Trinajstić information content (AvgIpc) is 2.35. The predicted molar refractivity (Wildman–Crippen MR) is 80.4 cm³/mol. The highest BCUT2D eigenvalue weighted by Crippen LogP contribution is 2.20. The molecule has 0 atom stereocenters. The molecule has 1 aliphatic heterocycles. The van der Waals surface area contributed by atoms with Gasteiger partial charge >= 0.3 is 0 Å². The van der Waals surface area contributed by atoms with E-state index in [0.29, 0.717) is 18.7 Å². The fraction of sp³-hybridized carbons (Fsp3) is 0.333. The lowest BCUT2D eigenvalue weighted by atomic mass is 10.2. The maximum atomic E-state index is 12.4. The maximum absolute atomic E-state index is 12.4. The Kier molecular flexibility index (Phi) is 4.26. The molecule has 0 aromatic heterocycles. The highest BCUT2D eigenvalue weighted by molar-refractivity contribution is 14.1. The van der Waals surface area contributed by atoms with E-state index in [1.807, 2.05) is 12.1 Å². The van der Waals surface area contributed by atoms with Gasteiger partial charge in [0, 0.05) is 28.2 Å². The van der Waals surface area contributed by atoms with Crippen molar-refractivity contribution in [3.63, 3.8) is 0 Å². The molecule has 4 nitrogen and oxygen atoms in total. The summed E-state index contributed by atoms with van der Waals surface area (Å²) in [5.74, 6) is -0.0956. The third-order valence-electron chi connectivity index (χ3n) is 2.90. The SMILES string of the molecule is CN1CCN(C(=O)c2cc(Br)ccc2I)CC1=O. The summed E-state index contributed by atoms with van der Waals surface area (Å²) >= 11 is 5.49. The number of carbonyl (C=O) groups is 2. The van der Waals surface area contributed by atoms with Crippen molar-refractivity contribution in [1.82, 2.24) is 9.80 Å². The van der Waals surface area contributed by atoms with Crippen molar-refractivity contribution in [3.8, 4) is 0 Å². The molecule has 0 N–H and O–H groups in total. The molecule has 0 saturated carbocycles. The minimum atomic E-state index is -0.0813. The molecule has 1 heterocycles. The van der Waals surface area contributed by atoms with Crippen LogP contribution in [-0.4, -0.2) is 48.3 Å². The van der Waals surface area contributed by atoms with E-state index in [2.05, 4.69) is 38.5 Å². The number of hydrogen-bond donors (Lipinski definition) is 0. The second-order valence-electron chi connectivity index (χ2n) is 4.17. The number of nitrogens with zero attached hydrogens (tertiary/aromatic N) is 2. The molecule has 0 bridgehead atoms. The number of benzene rings is 1. The van der Waals surface area contributed by atoms with Gasteiger partial charge in [-0.15, -0.1) is 0 Å². The van der Waals surface area contributed by atoms with Gasteiger partial charge in [0.2, 0.25) is 5.91 Å². The molecule has 0 unspecified atom stereocenters. The van der Waals surface area contributed by atoms with Crippen LogP contribution in [0.4, 0.5) is 0 Å². The van der Waals surface area contributed by atoms with Crippen molar-refractivity contribution < 1.29 is 9.59 Å². The minimum absolute atomic E-state index is 0.0143. The molecular weight excluding hydrogens is 411 g/mol. The summed E-state index contributed by atoms with van der Waals surface area (Å²) in [5.41, 5.74) is 0.641. The highest BCUT2D eigenvalue weighted by Gasteiger charge is 2.26. The van der Waals surface area contributed by atoms with Crippen molar-refractivity contribution in [1.29, 1.82) is 0 Å². The van der Waals surface area contributed by atoms with Gasteiger partial charge in [-0.1, -0.05) is 15.9 Å². The Morgan fingerprint density at radius 1 is 1.39 bits per heavy atom. The summed E-state index contributed by atoms with van der Waals surface area (Å²) in [6.45, 7) is 1.34. The van der Waals surface area contributed by atoms with E-state index >= 15 is 0 Å². The molecule has 1 fully saturated rings. The lowest BCUT2D eigenvalue weighted by molar-refractivity contribution is -0.133. The van der Waals surface area contributed by atoms with E-state index in [-0.39, 0.29) is 18.4 Å². The first-order valence-electron chi connectivity index (χ1n) is 5.47. The van der Waals surface area contributed by atoms with Gasteiger partial charge < -0.3 is 9.80 Å². The summed E-state index contributed by atoms with van der Waals surface area (Å²) < 4.78 is 1.76. The van der Waals surface area contributed by atoms with Crippen molar-refractivity contribution >= 4 is 50.3 Å². The Morgan fingerprint density at radius 3 is 2.78 bits per heavy atom. The van der Waals surface area contributed by atoms with Crippen LogP contribution in [0.1, 0.15) is 10.4 Å². The lowest BCUT2D eigenvalue weighted by Crippen LogP contribution is -2.50. The summed E-state index contributed by atoms with van der Waals surface area (Å²) in [7, 11) is 1.76. The highest BCUT2D eigenvalue weighted by atomic mass is 127. The van der Waals surface area contributed by atoms with Crippen LogP contribution in [0.25, 0.3) is 0 Å². The molecule has 1 saturated heterocycles. The van der Waals surface area contributed by atoms with Gasteiger partial charge in [-0.3, -0.25) is 9.59 Å². The minimum Gasteiger partial charge on any atom is -0.342 e. The van der Waals surface area contributed by atoms with Crippen LogP contribution >= 0.6 is 38.5 Å². The summed E-state index contributed by atoms with van der Waals surface area (Å²) in [6.07, 6.45) is 0. The molecule has 1 aromatic rings. The second-order valence-corrected chi connectivity index (χ2v) is 6.24. The van der Waals surface area contributed by atoms with Crippen LogP contribution in [0, 0.1) is 3.57 Å². The largest absolute Gasteiger partial charge is 0.342 e. The molecule has 0 radical (unpaired) electrons. The summed E-state index contributed by atoms with van der Waals surface area (Å²) in [6, 6.07) is 5.58. The van der Waals surface area contributed by atoms with Gasteiger partial charge in [-0.25, -0.2) is 0 Å². The van der Waals surface area contributed by atoms with Crippen LogP contribution < -0.4 is 0 Å². The third kappa shape index (κ3) is 2.85. The summed E-state index contributed by atoms with van der Waals surface area (Å²) in [4.78, 5) is 27.2. The predicted octanol–water partition coefficient (Wildman–Crippen LogP) is 1.97. The van der Waals surface area contributed by atoms with Crippen LogP contribution in [0.2, 0.25) is 0 Å². The van der Waals surface area contributed by atoms with Crippen LogP contribution in [0.15, 0.2) is 22.7 Å². The van der Waals surface area contributed by atoms with E-state index in [1.54, 1.807) is 22.9 Å². The zero-order chi connectivity index (χ0) is 13.3. The van der Waals surface area contributed by atoms with E-state index < -0.39 is 0 Å². The van der Waals surface area contributed by atoms with Crippen LogP contribution in [-0.2, 0) is 4.79 Å². The van der Waals surface area contributed by atoms with Crippen LogP contribution in [0.5, 0.6) is 0 Å². The van der Waals surface area contributed by atoms with E-state index in [9.17, 15) is 9.59 Å². The van der Waals surface area contributed by atoms with Gasteiger partial charge in [0.15, 0.2) is 0 Å². The first-order valence-corrected chi connectivity index (χ1v) is 7.34. The monoisotopic (exact) mass is 422 g/mol. The Labute approximate surface area is 128 Å². The molecule has 6 heteroatoms. The first-order chi connectivity index (χ1) is 8.49. The third-order valence-corrected chi connectivity index (χ3v) is 4.34. The topological polar surface area (TPSA) is 40.6 Å². The van der Waals surface area contributed by atoms with Crippen molar-refractivity contribution in [2.45, 2.75) is 0 Å². The fourth-order valence-electron chi connectivity index (χ4n) is 1.76. The average molecular weight is 423 g/mol. The molecule has 2 amide bonds. The van der Waals surface area contributed by atoms with E-state index in [0.717, 1.165) is 8.04 Å². The Morgan fingerprint density at radius 2 is 2.11 bits per heavy atom. The molecule has 1 aliphatic rings. The van der Waals surface area contributed by atoms with Crippen molar-refractivity contribution in [2.24, 2.45) is 0 Å². The van der Waals surface area contributed by atoms with Gasteiger partial charge in [-0.2, -0.15) is 0 Å². The molecule has 0 spiro atoms. The van der Waals surface area contributed by atoms with E-state index in [1.165, 1.54) is 0 Å². The number of rotatable bonds is 1. The van der Waals surface area contributed by atoms with Gasteiger partial charge in [0.1, 0.15) is 6.54 Å². The number of amides is 2. The normalized spacial score (nSPS) is 16.1. The van der Waals surface area contributed by atoms with Crippen molar-refractivity contribution in [2.75, 3.05) is 26.7 Å². The quantitative estimate of drug-likeness (QED) is 0.649. The standard InChI is InChI=1S/C12H12BrIN2O2/c1-15-4-5-16(7-11(15)17)12(18)9-6-8(13)2-3-10(9)14/h2-3,6H,4-5,7H2,1H3. The molecule has 96 valence electrons. The number of piperazine rings is 1. The Bertz CT molecular complexity index is 507. The molecule has 18 heavy (non-hydrogen) atoms. The van der Waals surface area contributed by atoms with Gasteiger partial charge in [0.05, 0.1) is 5.56 Å². The Hall–Kier alpha value is -0.630. The first kappa shape index (κ1) is 13.8. The molecule has 0 aliphatic carbocycles. The van der Waals surface area contributed by atoms with Crippen molar-refractivity contribution in [3.05, 3.63) is 31.8 Å². The summed E-state index contributed by atoms with van der Waals surface area (Å²) in [5, 5.41) is 0. The number of halogens is 2. The zero-order valence-corrected chi connectivity index (χ0v) is 13.6. The van der Waals surface area contributed by atoms with Crippen LogP contribution in [0.3, 0.4) is 0 Å². The fourth-order valence-corrected chi connectivity index (χ4v) is 2.69. The van der Waals surface area contributed by atoms with Gasteiger partial charge in [0.25, 0.3) is 5.91 Å². The molecule has 2 rings (SSSR count). The zero-order valence-electron chi connectivity index (χ0n) is 9.82. The Balaban J connectivity index is 2.21. The number of hydrogen-bond acceptors (Lipinski definition) is 2. The maximum Gasteiger partial charge on any atom is 0.255 e. The molecule has 1 aromatic carbocycles. The number of carbonyl (C=O) groups excluding carboxylic acids is 2. The second kappa shape index (κ2) is 5.56. The lowest BCUT2D eigenvalue weighted by Gasteiger charge is -2.32. The number of likely N-dealkylation sites (N-methyl/N-ethyl adjacent to an activating group) is 1. The van der Waals surface area contributed by atoms with E-state index in [4.69, 9.17) is 0 Å². The molecular formula is C12H12BrIN2O2.